The molecule has 0 saturated carbocycles. The van der Waals surface area contributed by atoms with Crippen molar-refractivity contribution >= 4 is 21.6 Å². The first-order valence-electron chi connectivity index (χ1n) is 7.01. The summed E-state index contributed by atoms with van der Waals surface area (Å²) in [6.45, 7) is 2.22. The lowest BCUT2D eigenvalue weighted by atomic mass is 9.89. The van der Waals surface area contributed by atoms with Crippen LogP contribution in [0.2, 0.25) is 0 Å². The molecule has 3 aromatic rings. The Morgan fingerprint density at radius 3 is 3.14 bits per heavy atom. The first-order chi connectivity index (χ1) is 10.1. The molecular weight excluding hydrogens is 286 g/mol. The van der Waals surface area contributed by atoms with E-state index in [0.29, 0.717) is 22.9 Å². The molecule has 0 spiro atoms. The van der Waals surface area contributed by atoms with E-state index in [-0.39, 0.29) is 5.56 Å². The fourth-order valence-corrected chi connectivity index (χ4v) is 4.20. The van der Waals surface area contributed by atoms with Gasteiger partial charge >= 0.3 is 0 Å². The number of furan rings is 1. The van der Waals surface area contributed by atoms with Crippen LogP contribution in [0.1, 0.15) is 23.8 Å². The summed E-state index contributed by atoms with van der Waals surface area (Å²) in [4.78, 5) is 19.3. The van der Waals surface area contributed by atoms with E-state index in [1.165, 1.54) is 11.3 Å². The third kappa shape index (κ3) is 1.82. The van der Waals surface area contributed by atoms with Crippen LogP contribution in [0.25, 0.3) is 21.8 Å². The van der Waals surface area contributed by atoms with E-state index in [9.17, 15) is 4.79 Å². The highest BCUT2D eigenvalue weighted by Gasteiger charge is 2.24. The number of aromatic nitrogens is 2. The topological polar surface area (TPSA) is 74.1 Å². The summed E-state index contributed by atoms with van der Waals surface area (Å²) in [6, 6.07) is 3.51. The SMILES string of the molecule is CC1CCc2sc3nc(-c4ccco4)n(N)c(=O)c3c2C1. The molecule has 108 valence electrons. The molecule has 1 atom stereocenters. The number of hydrogen-bond acceptors (Lipinski definition) is 5. The molecule has 1 aliphatic rings. The molecule has 0 radical (unpaired) electrons. The van der Waals surface area contributed by atoms with Gasteiger partial charge < -0.3 is 10.3 Å². The minimum atomic E-state index is -0.182. The molecule has 5 nitrogen and oxygen atoms in total. The maximum Gasteiger partial charge on any atom is 0.281 e. The fourth-order valence-electron chi connectivity index (χ4n) is 2.99. The molecule has 0 aromatic carbocycles. The van der Waals surface area contributed by atoms with Crippen LogP contribution in [0.5, 0.6) is 0 Å². The lowest BCUT2D eigenvalue weighted by Crippen LogP contribution is -2.30. The Morgan fingerprint density at radius 1 is 1.52 bits per heavy atom. The Bertz CT molecular complexity index is 877. The van der Waals surface area contributed by atoms with Crippen LogP contribution in [0.15, 0.2) is 27.6 Å². The maximum atomic E-state index is 12.6. The molecule has 0 amide bonds. The number of nitrogens with two attached hydrogens (primary N) is 1. The van der Waals surface area contributed by atoms with E-state index in [0.717, 1.165) is 27.9 Å². The molecule has 6 heteroatoms. The van der Waals surface area contributed by atoms with Crippen molar-refractivity contribution in [3.8, 4) is 11.6 Å². The molecule has 3 aromatic heterocycles. The van der Waals surface area contributed by atoms with Gasteiger partial charge in [-0.15, -0.1) is 11.3 Å². The quantitative estimate of drug-likeness (QED) is 0.701. The predicted molar refractivity (Wildman–Crippen MR) is 82.9 cm³/mol. The molecule has 0 saturated heterocycles. The average Bonchev–Trinajstić information content (AvgIpc) is 3.09. The molecule has 1 unspecified atom stereocenters. The van der Waals surface area contributed by atoms with Crippen LogP contribution >= 0.6 is 11.3 Å². The minimum absolute atomic E-state index is 0.182. The van der Waals surface area contributed by atoms with Crippen LogP contribution < -0.4 is 11.4 Å². The molecule has 3 heterocycles. The van der Waals surface area contributed by atoms with Crippen LogP contribution in [-0.4, -0.2) is 9.66 Å². The second-order valence-corrected chi connectivity index (χ2v) is 6.70. The van der Waals surface area contributed by atoms with Gasteiger partial charge in [-0.25, -0.2) is 9.66 Å². The summed E-state index contributed by atoms with van der Waals surface area (Å²) in [6.07, 6.45) is 4.68. The highest BCUT2D eigenvalue weighted by Crippen LogP contribution is 2.36. The van der Waals surface area contributed by atoms with E-state index in [1.54, 1.807) is 29.7 Å². The van der Waals surface area contributed by atoms with Crippen molar-refractivity contribution < 1.29 is 4.42 Å². The Hall–Kier alpha value is -2.08. The van der Waals surface area contributed by atoms with Crippen LogP contribution in [0, 0.1) is 5.92 Å². The normalized spacial score (nSPS) is 18.0. The summed E-state index contributed by atoms with van der Waals surface area (Å²) in [5, 5.41) is 0.694. The Balaban J connectivity index is 2.03. The van der Waals surface area contributed by atoms with Gasteiger partial charge in [-0.05, 0) is 42.9 Å². The third-order valence-electron chi connectivity index (χ3n) is 4.10. The van der Waals surface area contributed by atoms with E-state index >= 15 is 0 Å². The molecule has 0 fully saturated rings. The second kappa shape index (κ2) is 4.46. The number of fused-ring (bicyclic) bond motifs is 3. The smallest absolute Gasteiger partial charge is 0.281 e. The predicted octanol–water partition coefficient (Wildman–Crippen LogP) is 2.56. The number of aryl methyl sites for hydroxylation is 1. The molecule has 4 rings (SSSR count). The van der Waals surface area contributed by atoms with Crippen molar-refractivity contribution in [2.75, 3.05) is 5.84 Å². The first kappa shape index (κ1) is 12.6. The van der Waals surface area contributed by atoms with Crippen molar-refractivity contribution in [2.45, 2.75) is 26.2 Å². The lowest BCUT2D eigenvalue weighted by Gasteiger charge is -2.17. The van der Waals surface area contributed by atoms with Crippen LogP contribution in [-0.2, 0) is 12.8 Å². The van der Waals surface area contributed by atoms with E-state index in [2.05, 4.69) is 11.9 Å². The van der Waals surface area contributed by atoms with Gasteiger partial charge in [-0.1, -0.05) is 6.92 Å². The number of rotatable bonds is 1. The zero-order valence-electron chi connectivity index (χ0n) is 11.6. The molecule has 2 N–H and O–H groups in total. The molecule has 0 aliphatic heterocycles. The molecular formula is C15H15N3O2S. The minimum Gasteiger partial charge on any atom is -0.461 e. The highest BCUT2D eigenvalue weighted by atomic mass is 32.1. The zero-order chi connectivity index (χ0) is 14.6. The van der Waals surface area contributed by atoms with Gasteiger partial charge in [0, 0.05) is 4.88 Å². The van der Waals surface area contributed by atoms with Crippen molar-refractivity contribution in [1.82, 2.24) is 9.66 Å². The van der Waals surface area contributed by atoms with Crippen molar-refractivity contribution in [3.05, 3.63) is 39.2 Å². The van der Waals surface area contributed by atoms with Crippen LogP contribution in [0.4, 0.5) is 0 Å². The summed E-state index contributed by atoms with van der Waals surface area (Å²) in [7, 11) is 0. The van der Waals surface area contributed by atoms with Gasteiger partial charge in [-0.2, -0.15) is 0 Å². The molecule has 21 heavy (non-hydrogen) atoms. The monoisotopic (exact) mass is 301 g/mol. The largest absolute Gasteiger partial charge is 0.461 e. The van der Waals surface area contributed by atoms with Crippen molar-refractivity contribution in [2.24, 2.45) is 5.92 Å². The highest BCUT2D eigenvalue weighted by molar-refractivity contribution is 7.18. The zero-order valence-corrected chi connectivity index (χ0v) is 12.4. The van der Waals surface area contributed by atoms with Gasteiger partial charge in [0.15, 0.2) is 11.6 Å². The molecule has 0 bridgehead atoms. The van der Waals surface area contributed by atoms with Crippen LogP contribution in [0.3, 0.4) is 0 Å². The first-order valence-corrected chi connectivity index (χ1v) is 7.83. The lowest BCUT2D eigenvalue weighted by molar-refractivity contribution is 0.508. The number of thiophene rings is 1. The van der Waals surface area contributed by atoms with E-state index < -0.39 is 0 Å². The van der Waals surface area contributed by atoms with Gasteiger partial charge in [0.05, 0.1) is 11.6 Å². The summed E-state index contributed by atoms with van der Waals surface area (Å²) in [5.74, 6) is 7.44. The number of nitrogen functional groups attached to an aromatic ring is 1. The van der Waals surface area contributed by atoms with Crippen molar-refractivity contribution in [1.29, 1.82) is 0 Å². The standard InChI is InChI=1S/C15H15N3O2S/c1-8-4-5-11-9(7-8)12-14(21-11)17-13(18(16)15(12)19)10-3-2-6-20-10/h2-3,6,8H,4-5,7,16H2,1H3. The third-order valence-corrected chi connectivity index (χ3v) is 5.28. The van der Waals surface area contributed by atoms with Gasteiger partial charge in [0.1, 0.15) is 4.83 Å². The van der Waals surface area contributed by atoms with E-state index in [1.807, 2.05) is 0 Å². The second-order valence-electron chi connectivity index (χ2n) is 5.62. The van der Waals surface area contributed by atoms with Gasteiger partial charge in [0.25, 0.3) is 5.56 Å². The van der Waals surface area contributed by atoms with E-state index in [4.69, 9.17) is 10.3 Å². The fraction of sp³-hybridized carbons (Fsp3) is 0.333. The Kier molecular flexibility index (Phi) is 2.68. The Labute approximate surface area is 125 Å². The number of hydrogen-bond donors (Lipinski definition) is 1. The van der Waals surface area contributed by atoms with Gasteiger partial charge in [0.2, 0.25) is 0 Å². The van der Waals surface area contributed by atoms with Gasteiger partial charge in [-0.3, -0.25) is 4.79 Å². The summed E-state index contributed by atoms with van der Waals surface area (Å²) < 4.78 is 6.43. The average molecular weight is 301 g/mol. The summed E-state index contributed by atoms with van der Waals surface area (Å²) in [5.41, 5.74) is 0.967. The number of nitrogens with zero attached hydrogens (tertiary/aromatic N) is 2. The molecule has 1 aliphatic carbocycles. The van der Waals surface area contributed by atoms with Crippen molar-refractivity contribution in [3.63, 3.8) is 0 Å². The summed E-state index contributed by atoms with van der Waals surface area (Å²) >= 11 is 1.61. The maximum absolute atomic E-state index is 12.6. The Morgan fingerprint density at radius 2 is 2.38 bits per heavy atom.